The SMILES string of the molecule is Nc1ccc(=S)[nH]c1C(F)(F)F. The van der Waals surface area contributed by atoms with E-state index in [1.165, 1.54) is 6.07 Å². The highest BCUT2D eigenvalue weighted by Gasteiger charge is 2.33. The largest absolute Gasteiger partial charge is 0.433 e. The summed E-state index contributed by atoms with van der Waals surface area (Å²) in [6, 6.07) is 2.43. The van der Waals surface area contributed by atoms with Crippen molar-refractivity contribution < 1.29 is 13.2 Å². The van der Waals surface area contributed by atoms with Gasteiger partial charge in [0.1, 0.15) is 10.3 Å². The van der Waals surface area contributed by atoms with Crippen molar-refractivity contribution in [1.82, 2.24) is 4.98 Å². The predicted molar refractivity (Wildman–Crippen MR) is 41.0 cm³/mol. The summed E-state index contributed by atoms with van der Waals surface area (Å²) in [4.78, 5) is 1.98. The number of hydrogen-bond donors (Lipinski definition) is 2. The van der Waals surface area contributed by atoms with E-state index < -0.39 is 11.9 Å². The average Bonchev–Trinajstić information content (AvgIpc) is 1.92. The summed E-state index contributed by atoms with van der Waals surface area (Å²) in [6.45, 7) is 0. The number of nitrogens with one attached hydrogen (secondary N) is 1. The zero-order valence-electron chi connectivity index (χ0n) is 5.77. The van der Waals surface area contributed by atoms with Gasteiger partial charge >= 0.3 is 6.18 Å². The van der Waals surface area contributed by atoms with Crippen LogP contribution in [0.5, 0.6) is 0 Å². The number of alkyl halides is 3. The van der Waals surface area contributed by atoms with Crippen molar-refractivity contribution in [2.45, 2.75) is 6.18 Å². The fourth-order valence-electron chi connectivity index (χ4n) is 0.720. The van der Waals surface area contributed by atoms with Gasteiger partial charge in [0.15, 0.2) is 0 Å². The Kier molecular flexibility index (Phi) is 2.10. The number of nitrogen functional groups attached to an aromatic ring is 1. The molecule has 0 aliphatic heterocycles. The lowest BCUT2D eigenvalue weighted by Crippen LogP contribution is -2.11. The number of nitrogens with two attached hydrogens (primary N) is 1. The first-order valence-electron chi connectivity index (χ1n) is 2.97. The Balaban J connectivity index is 3.33. The number of aromatic nitrogens is 1. The summed E-state index contributed by atoms with van der Waals surface area (Å²) in [5.74, 6) is 0. The van der Waals surface area contributed by atoms with Gasteiger partial charge in [0, 0.05) is 0 Å². The van der Waals surface area contributed by atoms with Crippen LogP contribution in [0, 0.1) is 4.64 Å². The molecule has 3 N–H and O–H groups in total. The average molecular weight is 194 g/mol. The van der Waals surface area contributed by atoms with Crippen molar-refractivity contribution in [2.24, 2.45) is 0 Å². The maximum atomic E-state index is 12.1. The smallest absolute Gasteiger partial charge is 0.397 e. The highest BCUT2D eigenvalue weighted by Crippen LogP contribution is 2.31. The molecule has 1 aromatic heterocycles. The first-order chi connectivity index (χ1) is 5.41. The van der Waals surface area contributed by atoms with Crippen molar-refractivity contribution in [3.63, 3.8) is 0 Å². The van der Waals surface area contributed by atoms with Gasteiger partial charge in [0.2, 0.25) is 0 Å². The molecule has 0 bridgehead atoms. The molecule has 6 heteroatoms. The lowest BCUT2D eigenvalue weighted by molar-refractivity contribution is -0.140. The van der Waals surface area contributed by atoms with Crippen LogP contribution in [0.4, 0.5) is 18.9 Å². The molecule has 66 valence electrons. The quantitative estimate of drug-likeness (QED) is 0.622. The fourth-order valence-corrected chi connectivity index (χ4v) is 0.890. The number of pyridine rings is 1. The Bertz CT molecular complexity index is 341. The molecule has 0 saturated heterocycles. The minimum Gasteiger partial charge on any atom is -0.397 e. The van der Waals surface area contributed by atoms with Crippen LogP contribution in [0.2, 0.25) is 0 Å². The molecule has 0 aliphatic rings. The number of halogens is 3. The Hall–Kier alpha value is -1.04. The normalized spacial score (nSPS) is 11.6. The number of rotatable bonds is 0. The second-order valence-corrected chi connectivity index (χ2v) is 2.59. The van der Waals surface area contributed by atoms with Crippen LogP contribution in [-0.2, 0) is 6.18 Å². The third-order valence-electron chi connectivity index (χ3n) is 1.23. The van der Waals surface area contributed by atoms with Crippen molar-refractivity contribution in [2.75, 3.05) is 5.73 Å². The second-order valence-electron chi connectivity index (χ2n) is 2.15. The molecule has 0 atom stereocenters. The molecule has 0 spiro atoms. The van der Waals surface area contributed by atoms with E-state index >= 15 is 0 Å². The van der Waals surface area contributed by atoms with E-state index in [1.807, 2.05) is 4.98 Å². The van der Waals surface area contributed by atoms with Crippen molar-refractivity contribution >= 4 is 17.9 Å². The molecule has 0 radical (unpaired) electrons. The number of aromatic amines is 1. The number of H-pyrrole nitrogens is 1. The summed E-state index contributed by atoms with van der Waals surface area (Å²) >= 11 is 4.52. The lowest BCUT2D eigenvalue weighted by atomic mass is 10.3. The van der Waals surface area contributed by atoms with E-state index in [9.17, 15) is 13.2 Å². The van der Waals surface area contributed by atoms with E-state index in [1.54, 1.807) is 0 Å². The van der Waals surface area contributed by atoms with Gasteiger partial charge in [-0.3, -0.25) is 0 Å². The van der Waals surface area contributed by atoms with Gasteiger partial charge in [-0.1, -0.05) is 12.2 Å². The van der Waals surface area contributed by atoms with Crippen molar-refractivity contribution in [3.8, 4) is 0 Å². The Morgan fingerprint density at radius 3 is 2.33 bits per heavy atom. The minimum absolute atomic E-state index is 0.0107. The van der Waals surface area contributed by atoms with Crippen LogP contribution in [0.3, 0.4) is 0 Å². The van der Waals surface area contributed by atoms with E-state index in [4.69, 9.17) is 5.73 Å². The topological polar surface area (TPSA) is 41.8 Å². The Morgan fingerprint density at radius 1 is 1.33 bits per heavy atom. The molecule has 0 aromatic carbocycles. The van der Waals surface area contributed by atoms with Gasteiger partial charge < -0.3 is 10.7 Å². The molecule has 1 aromatic rings. The van der Waals surface area contributed by atoms with E-state index in [2.05, 4.69) is 12.2 Å². The summed E-state index contributed by atoms with van der Waals surface area (Å²) in [5, 5.41) is 0. The molecular formula is C6H5F3N2S. The van der Waals surface area contributed by atoms with E-state index in [0.717, 1.165) is 6.07 Å². The number of hydrogen-bond acceptors (Lipinski definition) is 2. The second kappa shape index (κ2) is 2.78. The zero-order valence-corrected chi connectivity index (χ0v) is 6.59. The van der Waals surface area contributed by atoms with Crippen LogP contribution >= 0.6 is 12.2 Å². The molecule has 0 saturated carbocycles. The molecule has 1 rings (SSSR count). The lowest BCUT2D eigenvalue weighted by Gasteiger charge is -2.08. The predicted octanol–water partition coefficient (Wildman–Crippen LogP) is 2.35. The summed E-state index contributed by atoms with van der Waals surface area (Å²) in [6.07, 6.45) is -4.47. The first-order valence-corrected chi connectivity index (χ1v) is 3.38. The first kappa shape index (κ1) is 9.05. The zero-order chi connectivity index (χ0) is 9.35. The van der Waals surface area contributed by atoms with E-state index in [0.29, 0.717) is 0 Å². The third kappa shape index (κ3) is 1.76. The number of anilines is 1. The van der Waals surface area contributed by atoms with Crippen LogP contribution in [0.1, 0.15) is 5.69 Å². The maximum absolute atomic E-state index is 12.1. The van der Waals surface area contributed by atoms with Crippen LogP contribution in [0.25, 0.3) is 0 Å². The molecule has 0 amide bonds. The van der Waals surface area contributed by atoms with Crippen molar-refractivity contribution in [3.05, 3.63) is 22.5 Å². The van der Waals surface area contributed by atoms with Gasteiger partial charge in [-0.2, -0.15) is 13.2 Å². The van der Waals surface area contributed by atoms with Gasteiger partial charge in [0.25, 0.3) is 0 Å². The van der Waals surface area contributed by atoms with Gasteiger partial charge in [-0.05, 0) is 12.1 Å². The maximum Gasteiger partial charge on any atom is 0.433 e. The summed E-state index contributed by atoms with van der Waals surface area (Å²) in [7, 11) is 0. The summed E-state index contributed by atoms with van der Waals surface area (Å²) in [5.41, 5.74) is 3.74. The highest BCUT2D eigenvalue weighted by atomic mass is 32.1. The molecule has 12 heavy (non-hydrogen) atoms. The Labute approximate surface area is 71.2 Å². The van der Waals surface area contributed by atoms with Gasteiger partial charge in [-0.15, -0.1) is 0 Å². The Morgan fingerprint density at radius 2 is 1.92 bits per heavy atom. The highest BCUT2D eigenvalue weighted by molar-refractivity contribution is 7.71. The molecule has 0 unspecified atom stereocenters. The van der Waals surface area contributed by atoms with Crippen LogP contribution in [0.15, 0.2) is 12.1 Å². The molecule has 0 aliphatic carbocycles. The third-order valence-corrected chi connectivity index (χ3v) is 1.47. The molecule has 1 heterocycles. The van der Waals surface area contributed by atoms with Crippen LogP contribution < -0.4 is 5.73 Å². The summed E-state index contributed by atoms with van der Waals surface area (Å²) < 4.78 is 36.2. The van der Waals surface area contributed by atoms with E-state index in [-0.39, 0.29) is 10.3 Å². The monoisotopic (exact) mass is 194 g/mol. The van der Waals surface area contributed by atoms with Gasteiger partial charge in [0.05, 0.1) is 5.69 Å². The molecular weight excluding hydrogens is 189 g/mol. The fraction of sp³-hybridized carbons (Fsp3) is 0.167. The standard InChI is InChI=1S/C6H5F3N2S/c7-6(8,9)5-3(10)1-2-4(12)11-5/h1-2H,10H2,(H,11,12). The van der Waals surface area contributed by atoms with Gasteiger partial charge in [-0.25, -0.2) is 0 Å². The molecule has 0 fully saturated rings. The minimum atomic E-state index is -4.47. The van der Waals surface area contributed by atoms with Crippen LogP contribution in [-0.4, -0.2) is 4.98 Å². The van der Waals surface area contributed by atoms with Crippen molar-refractivity contribution in [1.29, 1.82) is 0 Å². The molecule has 2 nitrogen and oxygen atoms in total.